The molecule has 0 aliphatic rings. The standard InChI is InChI=1S/C21H34O3/c1-16(2)9-8-10-17(3)13-20(22)14-18(4)15-24-21(23)19-11-6-5-7-12-19/h5-7,11-12,16-18,20,22H,8-10,13-15H2,1-4H3. The third kappa shape index (κ3) is 9.07. The zero-order valence-corrected chi connectivity index (χ0v) is 15.7. The molecule has 136 valence electrons. The zero-order valence-electron chi connectivity index (χ0n) is 15.7. The molecule has 3 unspecified atom stereocenters. The number of aliphatic hydroxyl groups is 1. The van der Waals surface area contributed by atoms with Crippen LogP contribution in [0.3, 0.4) is 0 Å². The van der Waals surface area contributed by atoms with Gasteiger partial charge in [0.2, 0.25) is 0 Å². The van der Waals surface area contributed by atoms with Crippen LogP contribution in [0.1, 0.15) is 70.2 Å². The van der Waals surface area contributed by atoms with Gasteiger partial charge in [0.1, 0.15) is 0 Å². The van der Waals surface area contributed by atoms with Crippen molar-refractivity contribution in [1.29, 1.82) is 0 Å². The van der Waals surface area contributed by atoms with Crippen LogP contribution < -0.4 is 0 Å². The summed E-state index contributed by atoms with van der Waals surface area (Å²) in [4.78, 5) is 11.9. The van der Waals surface area contributed by atoms with Crippen molar-refractivity contribution >= 4 is 5.97 Å². The van der Waals surface area contributed by atoms with Crippen molar-refractivity contribution in [2.75, 3.05) is 6.61 Å². The van der Waals surface area contributed by atoms with Gasteiger partial charge in [-0.1, -0.05) is 65.2 Å². The number of ether oxygens (including phenoxy) is 1. The number of rotatable bonds is 11. The number of hydrogen-bond donors (Lipinski definition) is 1. The van der Waals surface area contributed by atoms with Gasteiger partial charge in [0.25, 0.3) is 0 Å². The van der Waals surface area contributed by atoms with Gasteiger partial charge in [-0.3, -0.25) is 0 Å². The maximum Gasteiger partial charge on any atom is 0.338 e. The van der Waals surface area contributed by atoms with Gasteiger partial charge in [-0.25, -0.2) is 4.79 Å². The second-order valence-corrected chi connectivity index (χ2v) is 7.62. The quantitative estimate of drug-likeness (QED) is 0.574. The van der Waals surface area contributed by atoms with Gasteiger partial charge < -0.3 is 9.84 Å². The van der Waals surface area contributed by atoms with E-state index in [2.05, 4.69) is 20.8 Å². The van der Waals surface area contributed by atoms with Crippen LogP contribution in [-0.2, 0) is 4.74 Å². The van der Waals surface area contributed by atoms with Crippen LogP contribution in [0.5, 0.6) is 0 Å². The van der Waals surface area contributed by atoms with Crippen LogP contribution in [0.4, 0.5) is 0 Å². The summed E-state index contributed by atoms with van der Waals surface area (Å²) in [5, 5.41) is 10.2. The Hall–Kier alpha value is -1.35. The van der Waals surface area contributed by atoms with Crippen LogP contribution in [-0.4, -0.2) is 23.8 Å². The molecule has 0 saturated carbocycles. The summed E-state index contributed by atoms with van der Waals surface area (Å²) in [5.41, 5.74) is 0.573. The fraction of sp³-hybridized carbons (Fsp3) is 0.667. The number of aliphatic hydroxyl groups excluding tert-OH is 1. The molecule has 0 radical (unpaired) electrons. The summed E-state index contributed by atoms with van der Waals surface area (Å²) < 4.78 is 5.34. The number of benzene rings is 1. The Balaban J connectivity index is 2.21. The van der Waals surface area contributed by atoms with E-state index in [1.165, 1.54) is 19.3 Å². The molecular formula is C21H34O3. The number of carbonyl (C=O) groups excluding carboxylic acids is 1. The molecule has 1 N–H and O–H groups in total. The van der Waals surface area contributed by atoms with Crippen LogP contribution in [0.15, 0.2) is 30.3 Å². The highest BCUT2D eigenvalue weighted by Crippen LogP contribution is 2.20. The van der Waals surface area contributed by atoms with Crippen molar-refractivity contribution in [2.45, 2.75) is 65.9 Å². The fourth-order valence-electron chi connectivity index (χ4n) is 2.96. The number of carbonyl (C=O) groups is 1. The van der Waals surface area contributed by atoms with Gasteiger partial charge in [0, 0.05) is 0 Å². The Bertz CT molecular complexity index is 455. The summed E-state index contributed by atoms with van der Waals surface area (Å²) in [6.07, 6.45) is 4.85. The largest absolute Gasteiger partial charge is 0.462 e. The molecule has 0 heterocycles. The normalized spacial score (nSPS) is 15.1. The smallest absolute Gasteiger partial charge is 0.338 e. The first-order chi connectivity index (χ1) is 11.4. The Morgan fingerprint density at radius 1 is 1.00 bits per heavy atom. The minimum atomic E-state index is -0.315. The third-order valence-corrected chi connectivity index (χ3v) is 4.34. The molecule has 0 bridgehead atoms. The lowest BCUT2D eigenvalue weighted by molar-refractivity contribution is 0.0380. The van der Waals surface area contributed by atoms with Crippen molar-refractivity contribution < 1.29 is 14.6 Å². The zero-order chi connectivity index (χ0) is 17.9. The summed E-state index contributed by atoms with van der Waals surface area (Å²) in [5.74, 6) is 1.16. The van der Waals surface area contributed by atoms with E-state index in [-0.39, 0.29) is 18.0 Å². The van der Waals surface area contributed by atoms with Crippen molar-refractivity contribution in [3.63, 3.8) is 0 Å². The Morgan fingerprint density at radius 3 is 2.25 bits per heavy atom. The molecule has 3 nitrogen and oxygen atoms in total. The number of esters is 1. The van der Waals surface area contributed by atoms with Gasteiger partial charge in [-0.05, 0) is 42.7 Å². The molecule has 3 heteroatoms. The maximum atomic E-state index is 11.9. The minimum absolute atomic E-state index is 0.163. The Morgan fingerprint density at radius 2 is 1.62 bits per heavy atom. The molecule has 0 aliphatic carbocycles. The predicted molar refractivity (Wildman–Crippen MR) is 99.0 cm³/mol. The molecule has 1 aromatic rings. The molecule has 0 aliphatic heterocycles. The molecule has 0 amide bonds. The van der Waals surface area contributed by atoms with E-state index in [0.29, 0.717) is 24.5 Å². The van der Waals surface area contributed by atoms with Gasteiger partial charge in [-0.15, -0.1) is 0 Å². The lowest BCUT2D eigenvalue weighted by atomic mass is 9.92. The monoisotopic (exact) mass is 334 g/mol. The van der Waals surface area contributed by atoms with Crippen LogP contribution in [0.25, 0.3) is 0 Å². The highest BCUT2D eigenvalue weighted by atomic mass is 16.5. The predicted octanol–water partition coefficient (Wildman–Crippen LogP) is 5.08. The molecule has 3 atom stereocenters. The molecule has 1 aromatic carbocycles. The van der Waals surface area contributed by atoms with E-state index in [1.807, 2.05) is 25.1 Å². The van der Waals surface area contributed by atoms with E-state index in [1.54, 1.807) is 12.1 Å². The average Bonchev–Trinajstić information content (AvgIpc) is 2.52. The molecule has 24 heavy (non-hydrogen) atoms. The van der Waals surface area contributed by atoms with E-state index in [9.17, 15) is 9.90 Å². The van der Waals surface area contributed by atoms with Crippen molar-refractivity contribution in [2.24, 2.45) is 17.8 Å². The molecule has 0 spiro atoms. The van der Waals surface area contributed by atoms with Crippen molar-refractivity contribution in [3.05, 3.63) is 35.9 Å². The van der Waals surface area contributed by atoms with E-state index in [4.69, 9.17) is 4.74 Å². The summed E-state index contributed by atoms with van der Waals surface area (Å²) in [7, 11) is 0. The highest BCUT2D eigenvalue weighted by Gasteiger charge is 2.16. The van der Waals surface area contributed by atoms with E-state index >= 15 is 0 Å². The number of hydrogen-bond acceptors (Lipinski definition) is 3. The molecule has 0 saturated heterocycles. The first kappa shape index (κ1) is 20.7. The summed E-state index contributed by atoms with van der Waals surface area (Å²) in [6.45, 7) is 9.08. The highest BCUT2D eigenvalue weighted by molar-refractivity contribution is 5.89. The lowest BCUT2D eigenvalue weighted by Gasteiger charge is -2.20. The Kier molecular flexibility index (Phi) is 9.70. The lowest BCUT2D eigenvalue weighted by Crippen LogP contribution is -2.19. The molecule has 0 fully saturated rings. The van der Waals surface area contributed by atoms with Crippen molar-refractivity contribution in [3.8, 4) is 0 Å². The van der Waals surface area contributed by atoms with Crippen LogP contribution in [0, 0.1) is 17.8 Å². The second-order valence-electron chi connectivity index (χ2n) is 7.62. The summed E-state index contributed by atoms with van der Waals surface area (Å²) in [6, 6.07) is 9.02. The van der Waals surface area contributed by atoms with Gasteiger partial charge in [-0.2, -0.15) is 0 Å². The minimum Gasteiger partial charge on any atom is -0.462 e. The second kappa shape index (κ2) is 11.2. The Labute approximate surface area is 147 Å². The van der Waals surface area contributed by atoms with Gasteiger partial charge in [0.05, 0.1) is 18.3 Å². The van der Waals surface area contributed by atoms with E-state index < -0.39 is 0 Å². The first-order valence-electron chi connectivity index (χ1n) is 9.28. The van der Waals surface area contributed by atoms with E-state index in [0.717, 1.165) is 12.3 Å². The third-order valence-electron chi connectivity index (χ3n) is 4.34. The molecular weight excluding hydrogens is 300 g/mol. The molecule has 0 aromatic heterocycles. The van der Waals surface area contributed by atoms with Crippen molar-refractivity contribution in [1.82, 2.24) is 0 Å². The van der Waals surface area contributed by atoms with Gasteiger partial charge in [0.15, 0.2) is 0 Å². The fourth-order valence-corrected chi connectivity index (χ4v) is 2.96. The van der Waals surface area contributed by atoms with Crippen LogP contribution >= 0.6 is 0 Å². The average molecular weight is 335 g/mol. The topological polar surface area (TPSA) is 46.5 Å². The van der Waals surface area contributed by atoms with Gasteiger partial charge >= 0.3 is 5.97 Å². The molecule has 1 rings (SSSR count). The maximum absolute atomic E-state index is 11.9. The summed E-state index contributed by atoms with van der Waals surface area (Å²) >= 11 is 0. The van der Waals surface area contributed by atoms with Crippen LogP contribution in [0.2, 0.25) is 0 Å². The first-order valence-corrected chi connectivity index (χ1v) is 9.28. The SMILES string of the molecule is CC(C)CCCC(C)CC(O)CC(C)COC(=O)c1ccccc1.